The number of methoxy groups -OCH3 is 2. The molecule has 0 aromatic heterocycles. The minimum absolute atomic E-state index is 0.0361. The highest BCUT2D eigenvalue weighted by Crippen LogP contribution is 2.50. The molecule has 3 rings (SSSR count). The second-order valence-electron chi connectivity index (χ2n) is 8.38. The second kappa shape index (κ2) is 8.98. The molecule has 5 nitrogen and oxygen atoms in total. The number of aryl methyl sites for hydroxylation is 2. The normalized spacial score (nSPS) is 19.8. The monoisotopic (exact) mass is 432 g/mol. The molecule has 0 saturated carbocycles. The summed E-state index contributed by atoms with van der Waals surface area (Å²) in [7, 11) is -0.439. The van der Waals surface area contributed by atoms with E-state index in [2.05, 4.69) is 19.9 Å². The number of benzene rings is 2. The van der Waals surface area contributed by atoms with Crippen molar-refractivity contribution in [1.82, 2.24) is 0 Å². The lowest BCUT2D eigenvalue weighted by molar-refractivity contribution is 0.229. The molecule has 0 fully saturated rings. The van der Waals surface area contributed by atoms with Crippen LogP contribution in [0.5, 0.6) is 11.5 Å². The van der Waals surface area contributed by atoms with Crippen LogP contribution in [0.3, 0.4) is 0 Å². The van der Waals surface area contributed by atoms with Crippen LogP contribution in [-0.2, 0) is 14.3 Å². The highest BCUT2D eigenvalue weighted by Gasteiger charge is 2.34. The van der Waals surface area contributed by atoms with Crippen molar-refractivity contribution >= 4 is 10.1 Å². The molecule has 6 heteroatoms. The molecule has 30 heavy (non-hydrogen) atoms. The number of hydrogen-bond donors (Lipinski definition) is 0. The maximum atomic E-state index is 12.6. The van der Waals surface area contributed by atoms with Gasteiger partial charge < -0.3 is 9.47 Å². The van der Waals surface area contributed by atoms with Gasteiger partial charge in [-0.1, -0.05) is 37.6 Å². The van der Waals surface area contributed by atoms with Gasteiger partial charge in [0.2, 0.25) is 0 Å². The van der Waals surface area contributed by atoms with Crippen LogP contribution in [0.2, 0.25) is 0 Å². The van der Waals surface area contributed by atoms with Gasteiger partial charge in [0, 0.05) is 5.56 Å². The SMILES string of the molecule is COc1c(C)cc2c(c1OC)[C@@H](C)CC[C@@H]2[C@@H](C)COS(=O)(=O)c1ccc(C)cc1. The zero-order chi connectivity index (χ0) is 22.1. The molecule has 1 aliphatic carbocycles. The largest absolute Gasteiger partial charge is 0.493 e. The number of rotatable bonds is 7. The van der Waals surface area contributed by atoms with Crippen LogP contribution in [0.25, 0.3) is 0 Å². The molecule has 0 aliphatic heterocycles. The Morgan fingerprint density at radius 3 is 2.27 bits per heavy atom. The van der Waals surface area contributed by atoms with Crippen LogP contribution in [-0.4, -0.2) is 29.2 Å². The minimum atomic E-state index is -3.78. The lowest BCUT2D eigenvalue weighted by Gasteiger charge is -2.35. The smallest absolute Gasteiger partial charge is 0.296 e. The average Bonchev–Trinajstić information content (AvgIpc) is 2.71. The first-order chi connectivity index (χ1) is 14.2. The average molecular weight is 433 g/mol. The van der Waals surface area contributed by atoms with Crippen molar-refractivity contribution in [2.75, 3.05) is 20.8 Å². The summed E-state index contributed by atoms with van der Waals surface area (Å²) < 4.78 is 42.0. The maximum Gasteiger partial charge on any atom is 0.296 e. The first-order valence-electron chi connectivity index (χ1n) is 10.4. The summed E-state index contributed by atoms with van der Waals surface area (Å²) in [4.78, 5) is 0.195. The van der Waals surface area contributed by atoms with Crippen LogP contribution >= 0.6 is 0 Å². The summed E-state index contributed by atoms with van der Waals surface area (Å²) in [6.45, 7) is 8.34. The highest BCUT2D eigenvalue weighted by atomic mass is 32.2. The molecule has 0 bridgehead atoms. The Morgan fingerprint density at radius 1 is 1.03 bits per heavy atom. The fraction of sp³-hybridized carbons (Fsp3) is 0.500. The maximum absolute atomic E-state index is 12.6. The van der Waals surface area contributed by atoms with Gasteiger partial charge in [0.1, 0.15) is 0 Å². The van der Waals surface area contributed by atoms with Crippen molar-refractivity contribution in [3.8, 4) is 11.5 Å². The molecule has 0 spiro atoms. The van der Waals surface area contributed by atoms with E-state index in [9.17, 15) is 8.42 Å². The molecule has 2 aromatic carbocycles. The summed E-state index contributed by atoms with van der Waals surface area (Å²) in [5.41, 5.74) is 4.42. The van der Waals surface area contributed by atoms with Crippen LogP contribution in [0, 0.1) is 19.8 Å². The predicted octanol–water partition coefficient (Wildman–Crippen LogP) is 5.34. The fourth-order valence-electron chi connectivity index (χ4n) is 4.49. The summed E-state index contributed by atoms with van der Waals surface area (Å²) in [5.74, 6) is 2.15. The molecule has 0 unspecified atom stereocenters. The van der Waals surface area contributed by atoms with E-state index in [1.165, 1.54) is 11.1 Å². The van der Waals surface area contributed by atoms with E-state index in [4.69, 9.17) is 13.7 Å². The van der Waals surface area contributed by atoms with Crippen LogP contribution < -0.4 is 9.47 Å². The number of fused-ring (bicyclic) bond motifs is 1. The quantitative estimate of drug-likeness (QED) is 0.553. The molecule has 0 heterocycles. The molecule has 1 aliphatic rings. The van der Waals surface area contributed by atoms with Gasteiger partial charge in [0.15, 0.2) is 11.5 Å². The molecule has 0 amide bonds. The van der Waals surface area contributed by atoms with E-state index in [0.29, 0.717) is 5.92 Å². The van der Waals surface area contributed by atoms with Crippen molar-refractivity contribution < 1.29 is 22.1 Å². The molecule has 0 radical (unpaired) electrons. The van der Waals surface area contributed by atoms with E-state index in [1.54, 1.807) is 38.5 Å². The summed E-state index contributed by atoms with van der Waals surface area (Å²) in [6, 6.07) is 8.91. The molecular formula is C24H32O5S. The molecule has 0 saturated heterocycles. The molecular weight excluding hydrogens is 400 g/mol. The van der Waals surface area contributed by atoms with Gasteiger partial charge in [-0.15, -0.1) is 0 Å². The first-order valence-corrected chi connectivity index (χ1v) is 11.8. The van der Waals surface area contributed by atoms with Gasteiger partial charge in [-0.3, -0.25) is 4.18 Å². The van der Waals surface area contributed by atoms with Gasteiger partial charge in [0.25, 0.3) is 10.1 Å². The summed E-state index contributed by atoms with van der Waals surface area (Å²) >= 11 is 0. The topological polar surface area (TPSA) is 61.8 Å². The second-order valence-corrected chi connectivity index (χ2v) is 9.99. The highest BCUT2D eigenvalue weighted by molar-refractivity contribution is 7.86. The molecule has 164 valence electrons. The van der Waals surface area contributed by atoms with Gasteiger partial charge in [-0.05, 0) is 67.7 Å². The van der Waals surface area contributed by atoms with Gasteiger partial charge in [-0.25, -0.2) is 0 Å². The van der Waals surface area contributed by atoms with Gasteiger partial charge in [-0.2, -0.15) is 8.42 Å². The Bertz CT molecular complexity index is 995. The van der Waals surface area contributed by atoms with Crippen molar-refractivity contribution in [1.29, 1.82) is 0 Å². The molecule has 0 N–H and O–H groups in total. The van der Waals surface area contributed by atoms with E-state index >= 15 is 0 Å². The van der Waals surface area contributed by atoms with E-state index in [-0.39, 0.29) is 23.3 Å². The van der Waals surface area contributed by atoms with Crippen molar-refractivity contribution in [3.63, 3.8) is 0 Å². The van der Waals surface area contributed by atoms with Crippen LogP contribution in [0.1, 0.15) is 60.8 Å². The van der Waals surface area contributed by atoms with Crippen LogP contribution in [0.15, 0.2) is 35.2 Å². The Hall–Kier alpha value is -2.05. The van der Waals surface area contributed by atoms with E-state index in [0.717, 1.165) is 35.5 Å². The Morgan fingerprint density at radius 2 is 1.67 bits per heavy atom. The van der Waals surface area contributed by atoms with Crippen molar-refractivity contribution in [3.05, 3.63) is 52.6 Å². The Kier molecular flexibility index (Phi) is 6.78. The number of hydrogen-bond acceptors (Lipinski definition) is 5. The summed E-state index contributed by atoms with van der Waals surface area (Å²) in [6.07, 6.45) is 1.99. The van der Waals surface area contributed by atoms with Gasteiger partial charge >= 0.3 is 0 Å². The van der Waals surface area contributed by atoms with Crippen molar-refractivity contribution in [2.45, 2.75) is 57.3 Å². The third-order valence-electron chi connectivity index (χ3n) is 6.19. The summed E-state index contributed by atoms with van der Waals surface area (Å²) in [5, 5.41) is 0. The fourth-order valence-corrected chi connectivity index (χ4v) is 5.49. The molecule has 3 atom stereocenters. The Balaban J connectivity index is 1.86. The van der Waals surface area contributed by atoms with Gasteiger partial charge in [0.05, 0.1) is 25.7 Å². The third kappa shape index (κ3) is 4.35. The van der Waals surface area contributed by atoms with Crippen molar-refractivity contribution in [2.24, 2.45) is 5.92 Å². The molecule has 2 aromatic rings. The third-order valence-corrected chi connectivity index (χ3v) is 7.48. The zero-order valence-electron chi connectivity index (χ0n) is 18.7. The van der Waals surface area contributed by atoms with E-state index in [1.807, 2.05) is 13.8 Å². The standard InChI is InChI=1S/C24H32O5S/c1-15-7-10-19(11-8-15)30(25,26)29-14-18(4)20-12-9-16(2)22-21(20)13-17(3)23(27-5)24(22)28-6/h7-8,10-11,13,16,18,20H,9,12,14H2,1-6H3/t16-,18-,20+/m0/s1. The predicted molar refractivity (Wildman–Crippen MR) is 118 cm³/mol. The minimum Gasteiger partial charge on any atom is -0.493 e. The Labute approximate surface area is 180 Å². The zero-order valence-corrected chi connectivity index (χ0v) is 19.5. The first kappa shape index (κ1) is 22.6. The lowest BCUT2D eigenvalue weighted by atomic mass is 9.72. The lowest BCUT2D eigenvalue weighted by Crippen LogP contribution is -2.24. The van der Waals surface area contributed by atoms with E-state index < -0.39 is 10.1 Å². The van der Waals surface area contributed by atoms with Crippen LogP contribution in [0.4, 0.5) is 0 Å². The number of ether oxygens (including phenoxy) is 2.